The highest BCUT2D eigenvalue weighted by Crippen LogP contribution is 2.30. The third kappa shape index (κ3) is 2.15. The van der Waals surface area contributed by atoms with Gasteiger partial charge in [-0.2, -0.15) is 0 Å². The van der Waals surface area contributed by atoms with E-state index in [-0.39, 0.29) is 12.0 Å². The quantitative estimate of drug-likeness (QED) is 0.546. The Kier molecular flexibility index (Phi) is 4.07. The molecule has 0 bridgehead atoms. The number of aliphatic hydroxyl groups excluding tert-OH is 3. The van der Waals surface area contributed by atoms with Gasteiger partial charge in [-0.05, 0) is 6.42 Å². The second kappa shape index (κ2) is 4.89. The molecule has 1 saturated heterocycles. The molecule has 0 aromatic heterocycles. The average Bonchev–Trinajstić information content (AvgIpc) is 2.46. The fourth-order valence-electron chi connectivity index (χ4n) is 1.78. The standard InChI is InChI=1S/C10H18O4/c1-3-4-8-6(2)9(13)10(14-8)7(12)5-11/h3,6-13H,1,4-5H2,2H3. The topological polar surface area (TPSA) is 69.9 Å². The van der Waals surface area contributed by atoms with E-state index in [0.29, 0.717) is 6.42 Å². The highest BCUT2D eigenvalue weighted by molar-refractivity contribution is 4.93. The summed E-state index contributed by atoms with van der Waals surface area (Å²) in [4.78, 5) is 0. The molecule has 82 valence electrons. The van der Waals surface area contributed by atoms with E-state index in [0.717, 1.165) is 0 Å². The normalized spacial score (nSPS) is 39.7. The van der Waals surface area contributed by atoms with Crippen LogP contribution in [-0.4, -0.2) is 46.3 Å². The van der Waals surface area contributed by atoms with Crippen LogP contribution >= 0.6 is 0 Å². The molecule has 0 spiro atoms. The molecule has 5 unspecified atom stereocenters. The molecule has 0 aliphatic carbocycles. The van der Waals surface area contributed by atoms with Crippen molar-refractivity contribution in [1.82, 2.24) is 0 Å². The second-order valence-corrected chi connectivity index (χ2v) is 3.76. The Labute approximate surface area is 83.8 Å². The summed E-state index contributed by atoms with van der Waals surface area (Å²) >= 11 is 0. The highest BCUT2D eigenvalue weighted by Gasteiger charge is 2.43. The van der Waals surface area contributed by atoms with Crippen LogP contribution in [0.5, 0.6) is 0 Å². The zero-order valence-electron chi connectivity index (χ0n) is 8.34. The maximum absolute atomic E-state index is 9.73. The average molecular weight is 202 g/mol. The van der Waals surface area contributed by atoms with Crippen molar-refractivity contribution in [2.45, 2.75) is 37.8 Å². The van der Waals surface area contributed by atoms with Gasteiger partial charge >= 0.3 is 0 Å². The predicted molar refractivity (Wildman–Crippen MR) is 51.7 cm³/mol. The van der Waals surface area contributed by atoms with Crippen LogP contribution in [0.2, 0.25) is 0 Å². The molecule has 3 N–H and O–H groups in total. The first-order chi connectivity index (χ1) is 6.61. The first-order valence-corrected chi connectivity index (χ1v) is 4.85. The Morgan fingerprint density at radius 2 is 2.21 bits per heavy atom. The molecule has 0 aromatic carbocycles. The van der Waals surface area contributed by atoms with Crippen LogP contribution in [0.15, 0.2) is 12.7 Å². The summed E-state index contributed by atoms with van der Waals surface area (Å²) in [6.45, 7) is 5.07. The van der Waals surface area contributed by atoms with Crippen molar-refractivity contribution in [1.29, 1.82) is 0 Å². The molecule has 1 rings (SSSR count). The Hall–Kier alpha value is -0.420. The van der Waals surface area contributed by atoms with Gasteiger partial charge in [-0.25, -0.2) is 0 Å². The van der Waals surface area contributed by atoms with E-state index in [1.165, 1.54) is 0 Å². The van der Waals surface area contributed by atoms with Gasteiger partial charge < -0.3 is 20.1 Å². The van der Waals surface area contributed by atoms with Crippen LogP contribution in [0, 0.1) is 5.92 Å². The van der Waals surface area contributed by atoms with Crippen LogP contribution in [-0.2, 0) is 4.74 Å². The minimum atomic E-state index is -1.01. The summed E-state index contributed by atoms with van der Waals surface area (Å²) in [5.41, 5.74) is 0. The van der Waals surface area contributed by atoms with Gasteiger partial charge in [0.05, 0.1) is 18.8 Å². The van der Waals surface area contributed by atoms with Crippen LogP contribution in [0.3, 0.4) is 0 Å². The van der Waals surface area contributed by atoms with Crippen molar-refractivity contribution in [2.24, 2.45) is 5.92 Å². The summed E-state index contributed by atoms with van der Waals surface area (Å²) in [5, 5.41) is 27.9. The summed E-state index contributed by atoms with van der Waals surface area (Å²) in [5.74, 6) is -0.0424. The molecule has 1 fully saturated rings. The minimum Gasteiger partial charge on any atom is -0.394 e. The Morgan fingerprint density at radius 3 is 2.71 bits per heavy atom. The van der Waals surface area contributed by atoms with Gasteiger partial charge in [0, 0.05) is 5.92 Å². The lowest BCUT2D eigenvalue weighted by Crippen LogP contribution is -2.38. The SMILES string of the molecule is C=CCC1OC(C(O)CO)C(O)C1C. The fourth-order valence-corrected chi connectivity index (χ4v) is 1.78. The molecule has 14 heavy (non-hydrogen) atoms. The van der Waals surface area contributed by atoms with Crippen molar-refractivity contribution < 1.29 is 20.1 Å². The molecule has 0 radical (unpaired) electrons. The molecule has 1 aliphatic rings. The number of rotatable bonds is 4. The van der Waals surface area contributed by atoms with E-state index in [9.17, 15) is 10.2 Å². The molecule has 0 aromatic rings. The summed E-state index contributed by atoms with van der Waals surface area (Å²) in [6.07, 6.45) is -0.160. The number of hydrogen-bond donors (Lipinski definition) is 3. The maximum Gasteiger partial charge on any atom is 0.112 e. The number of ether oxygens (including phenoxy) is 1. The highest BCUT2D eigenvalue weighted by atomic mass is 16.5. The lowest BCUT2D eigenvalue weighted by Gasteiger charge is -2.19. The van der Waals surface area contributed by atoms with Crippen molar-refractivity contribution in [3.63, 3.8) is 0 Å². The van der Waals surface area contributed by atoms with Gasteiger partial charge in [0.1, 0.15) is 12.2 Å². The number of aliphatic hydroxyl groups is 3. The fraction of sp³-hybridized carbons (Fsp3) is 0.800. The third-order valence-electron chi connectivity index (χ3n) is 2.76. The van der Waals surface area contributed by atoms with Gasteiger partial charge in [0.25, 0.3) is 0 Å². The van der Waals surface area contributed by atoms with E-state index in [2.05, 4.69) is 6.58 Å². The molecule has 1 heterocycles. The maximum atomic E-state index is 9.73. The van der Waals surface area contributed by atoms with E-state index < -0.39 is 24.9 Å². The monoisotopic (exact) mass is 202 g/mol. The van der Waals surface area contributed by atoms with E-state index in [1.807, 2.05) is 6.92 Å². The molecule has 4 heteroatoms. The summed E-state index contributed by atoms with van der Waals surface area (Å²) < 4.78 is 5.45. The Bertz CT molecular complexity index is 195. The van der Waals surface area contributed by atoms with Crippen LogP contribution < -0.4 is 0 Å². The molecular formula is C10H18O4. The minimum absolute atomic E-state index is 0.0424. The third-order valence-corrected chi connectivity index (χ3v) is 2.76. The van der Waals surface area contributed by atoms with Crippen molar-refractivity contribution in [3.05, 3.63) is 12.7 Å². The molecule has 0 saturated carbocycles. The van der Waals surface area contributed by atoms with Gasteiger partial charge in [0.2, 0.25) is 0 Å². The van der Waals surface area contributed by atoms with Gasteiger partial charge in [0.15, 0.2) is 0 Å². The lowest BCUT2D eigenvalue weighted by molar-refractivity contribution is -0.0806. The van der Waals surface area contributed by atoms with Gasteiger partial charge in [-0.1, -0.05) is 13.0 Å². The Balaban J connectivity index is 2.61. The molecule has 4 nitrogen and oxygen atoms in total. The van der Waals surface area contributed by atoms with Crippen molar-refractivity contribution in [2.75, 3.05) is 6.61 Å². The molecule has 0 amide bonds. The van der Waals surface area contributed by atoms with E-state index in [1.54, 1.807) is 6.08 Å². The van der Waals surface area contributed by atoms with E-state index in [4.69, 9.17) is 9.84 Å². The van der Waals surface area contributed by atoms with Crippen LogP contribution in [0.25, 0.3) is 0 Å². The summed E-state index contributed by atoms with van der Waals surface area (Å²) in [7, 11) is 0. The lowest BCUT2D eigenvalue weighted by atomic mass is 9.95. The van der Waals surface area contributed by atoms with Gasteiger partial charge in [-0.3, -0.25) is 0 Å². The molecule has 1 aliphatic heterocycles. The van der Waals surface area contributed by atoms with Gasteiger partial charge in [-0.15, -0.1) is 6.58 Å². The molecular weight excluding hydrogens is 184 g/mol. The molecule has 5 atom stereocenters. The number of hydrogen-bond acceptors (Lipinski definition) is 4. The first kappa shape index (κ1) is 11.7. The van der Waals surface area contributed by atoms with Crippen LogP contribution in [0.4, 0.5) is 0 Å². The van der Waals surface area contributed by atoms with Crippen molar-refractivity contribution >= 4 is 0 Å². The second-order valence-electron chi connectivity index (χ2n) is 3.76. The largest absolute Gasteiger partial charge is 0.394 e. The van der Waals surface area contributed by atoms with E-state index >= 15 is 0 Å². The zero-order chi connectivity index (χ0) is 10.7. The first-order valence-electron chi connectivity index (χ1n) is 4.85. The predicted octanol–water partition coefficient (Wildman–Crippen LogP) is -0.320. The smallest absolute Gasteiger partial charge is 0.112 e. The summed E-state index contributed by atoms with van der Waals surface area (Å²) in [6, 6.07) is 0. The zero-order valence-corrected chi connectivity index (χ0v) is 8.34. The van der Waals surface area contributed by atoms with Crippen molar-refractivity contribution in [3.8, 4) is 0 Å². The van der Waals surface area contributed by atoms with Crippen LogP contribution in [0.1, 0.15) is 13.3 Å². The Morgan fingerprint density at radius 1 is 1.57 bits per heavy atom.